The van der Waals surface area contributed by atoms with E-state index in [1.54, 1.807) is 6.08 Å². The van der Waals surface area contributed by atoms with Crippen LogP contribution in [0.15, 0.2) is 48.6 Å². The molecular weight excluding hydrogens is 704 g/mol. The van der Waals surface area contributed by atoms with Gasteiger partial charge in [0, 0.05) is 74.6 Å². The largest absolute Gasteiger partial charge is 0.462 e. The van der Waals surface area contributed by atoms with E-state index in [0.29, 0.717) is 44.8 Å². The predicted octanol–water partition coefficient (Wildman–Crippen LogP) is 4.37. The summed E-state index contributed by atoms with van der Waals surface area (Å²) in [7, 11) is 2.14. The smallest absolute Gasteiger partial charge is 0.318 e. The maximum absolute atomic E-state index is 13.4. The Labute approximate surface area is 320 Å². The van der Waals surface area contributed by atoms with E-state index in [1.165, 1.54) is 0 Å². The van der Waals surface area contributed by atoms with Crippen LogP contribution >= 0.6 is 38.6 Å². The second-order valence-electron chi connectivity index (χ2n) is 13.4. The number of hydrogen-bond acceptors (Lipinski definition) is 9. The van der Waals surface area contributed by atoms with Crippen molar-refractivity contribution in [1.29, 1.82) is 0 Å². The van der Waals surface area contributed by atoms with Crippen LogP contribution in [-0.2, 0) is 22.5 Å². The van der Waals surface area contributed by atoms with E-state index >= 15 is 0 Å². The number of fused-ring (bicyclic) bond motifs is 2. The molecule has 0 aliphatic carbocycles. The molecule has 3 fully saturated rings. The van der Waals surface area contributed by atoms with Crippen LogP contribution in [-0.4, -0.2) is 128 Å². The van der Waals surface area contributed by atoms with Gasteiger partial charge < -0.3 is 33.9 Å². The van der Waals surface area contributed by atoms with Crippen molar-refractivity contribution in [3.63, 3.8) is 0 Å². The van der Waals surface area contributed by atoms with Gasteiger partial charge in [-0.15, -0.1) is 0 Å². The van der Waals surface area contributed by atoms with E-state index in [-0.39, 0.29) is 45.5 Å². The SMILES string of the molecule is S.S.[C-]#[N+]C[C@H]1CN(c2nc(OC[C@@H]3CCCN3C)nc3c2CCN(c2cccc4cccc(Cl)c24)C3)CCN1C(=O)/C=C/CN1CCOCC1. The summed E-state index contributed by atoms with van der Waals surface area (Å²) in [5.41, 5.74) is 3.15. The highest BCUT2D eigenvalue weighted by Crippen LogP contribution is 2.37. The van der Waals surface area contributed by atoms with Crippen molar-refractivity contribution in [3.05, 3.63) is 76.2 Å². The number of benzene rings is 2. The quantitative estimate of drug-likeness (QED) is 0.234. The standard InChI is InChI=1S/C37H45ClN8O3.2H2S/c1-39-23-29-24-45(17-18-46(29)34(47)12-6-15-43-19-21-48-22-20-43)36-30-13-16-44(33-11-4-8-27-7-3-10-31(38)35(27)33)25-32(30)40-37(41-36)49-26-28-9-5-14-42(28)2;;/h3-4,6-8,10-12,28-29H,5,9,13-26H2,2H3;2*1H2/b12-6+;;/t28-,29-;;/m0../s1. The lowest BCUT2D eigenvalue weighted by molar-refractivity contribution is -0.128. The lowest BCUT2D eigenvalue weighted by Gasteiger charge is -2.41. The van der Waals surface area contributed by atoms with Crippen molar-refractivity contribution >= 4 is 66.8 Å². The summed E-state index contributed by atoms with van der Waals surface area (Å²) < 4.78 is 11.8. The summed E-state index contributed by atoms with van der Waals surface area (Å²) in [4.78, 5) is 38.3. The van der Waals surface area contributed by atoms with Crippen molar-refractivity contribution in [2.75, 3.05) is 95.6 Å². The van der Waals surface area contributed by atoms with Crippen LogP contribution in [0.25, 0.3) is 15.6 Å². The molecule has 4 aliphatic heterocycles. The number of ether oxygens (including phenoxy) is 2. The maximum Gasteiger partial charge on any atom is 0.318 e. The average Bonchev–Trinajstić information content (AvgIpc) is 3.54. The fraction of sp³-hybridized carbons (Fsp3) is 0.514. The first-order valence-corrected chi connectivity index (χ1v) is 17.9. The molecular formula is C37H49ClN8O3S2. The Morgan fingerprint density at radius 2 is 1.84 bits per heavy atom. The van der Waals surface area contributed by atoms with Gasteiger partial charge in [0.2, 0.25) is 12.5 Å². The van der Waals surface area contributed by atoms with Crippen LogP contribution in [0.1, 0.15) is 24.1 Å². The molecule has 1 aromatic heterocycles. The lowest BCUT2D eigenvalue weighted by atomic mass is 10.0. The Hall–Kier alpha value is -3.25. The van der Waals surface area contributed by atoms with Gasteiger partial charge in [-0.3, -0.25) is 9.69 Å². The Morgan fingerprint density at radius 1 is 1.04 bits per heavy atom. The second-order valence-corrected chi connectivity index (χ2v) is 13.8. The number of anilines is 2. The minimum atomic E-state index is -0.244. The number of hydrogen-bond donors (Lipinski definition) is 0. The van der Waals surface area contributed by atoms with E-state index in [4.69, 9.17) is 37.6 Å². The number of carbonyl (C=O) groups is 1. The summed E-state index contributed by atoms with van der Waals surface area (Å²) in [6.45, 7) is 16.5. The van der Waals surface area contributed by atoms with Gasteiger partial charge in [0.05, 0.1) is 30.5 Å². The summed E-state index contributed by atoms with van der Waals surface area (Å²) in [6, 6.07) is 12.8. The topological polar surface area (TPSA) is 81.9 Å². The summed E-state index contributed by atoms with van der Waals surface area (Å²) in [5, 5.41) is 2.89. The van der Waals surface area contributed by atoms with E-state index < -0.39 is 0 Å². The molecule has 3 aromatic rings. The number of piperazine rings is 1. The highest BCUT2D eigenvalue weighted by Gasteiger charge is 2.35. The molecule has 2 aromatic carbocycles. The summed E-state index contributed by atoms with van der Waals surface area (Å²) in [5.74, 6) is 0.820. The number of halogens is 1. The Balaban J connectivity index is 0.00000252. The van der Waals surface area contributed by atoms with Crippen molar-refractivity contribution in [3.8, 4) is 6.01 Å². The van der Waals surface area contributed by atoms with Crippen LogP contribution in [0.4, 0.5) is 11.5 Å². The third-order valence-corrected chi connectivity index (χ3v) is 10.7. The molecule has 0 spiro atoms. The third kappa shape index (κ3) is 8.87. The molecule has 0 bridgehead atoms. The fourth-order valence-electron chi connectivity index (χ4n) is 7.60. The van der Waals surface area contributed by atoms with Gasteiger partial charge in [0.25, 0.3) is 0 Å². The zero-order valence-electron chi connectivity index (χ0n) is 29.3. The molecule has 0 saturated carbocycles. The number of morpholine rings is 1. The van der Waals surface area contributed by atoms with Gasteiger partial charge >= 0.3 is 6.01 Å². The number of amides is 1. The summed E-state index contributed by atoms with van der Waals surface area (Å²) in [6.07, 6.45) is 6.63. The van der Waals surface area contributed by atoms with Gasteiger partial charge in [0.15, 0.2) is 0 Å². The first-order valence-electron chi connectivity index (χ1n) is 17.5. The van der Waals surface area contributed by atoms with Crippen molar-refractivity contribution in [2.24, 2.45) is 0 Å². The van der Waals surface area contributed by atoms with Gasteiger partial charge in [-0.1, -0.05) is 41.9 Å². The molecule has 14 heteroatoms. The zero-order valence-corrected chi connectivity index (χ0v) is 32.0. The molecule has 4 aliphatic rings. The maximum atomic E-state index is 13.4. The van der Waals surface area contributed by atoms with Gasteiger partial charge in [-0.2, -0.15) is 37.0 Å². The van der Waals surface area contributed by atoms with E-state index in [1.807, 2.05) is 23.1 Å². The Kier molecular flexibility index (Phi) is 13.7. The number of carbonyl (C=O) groups excluding carboxylic acids is 1. The van der Waals surface area contributed by atoms with E-state index in [2.05, 4.69) is 55.8 Å². The molecule has 3 saturated heterocycles. The zero-order chi connectivity index (χ0) is 33.7. The Bertz CT molecular complexity index is 1730. The molecule has 1 amide bonds. The van der Waals surface area contributed by atoms with Crippen LogP contribution in [0.2, 0.25) is 5.02 Å². The minimum absolute atomic E-state index is 0. The highest BCUT2D eigenvalue weighted by atomic mass is 35.5. The lowest BCUT2D eigenvalue weighted by Crippen LogP contribution is -2.56. The molecule has 0 radical (unpaired) electrons. The number of aromatic nitrogens is 2. The molecule has 0 unspecified atom stereocenters. The third-order valence-electron chi connectivity index (χ3n) is 10.4. The molecule has 2 atom stereocenters. The first-order chi connectivity index (χ1) is 24.0. The number of likely N-dealkylation sites (N-methyl/N-ethyl adjacent to an activating group) is 1. The predicted molar refractivity (Wildman–Crippen MR) is 213 cm³/mol. The van der Waals surface area contributed by atoms with Crippen molar-refractivity contribution in [1.82, 2.24) is 24.7 Å². The van der Waals surface area contributed by atoms with Crippen LogP contribution < -0.4 is 14.5 Å². The van der Waals surface area contributed by atoms with Crippen LogP contribution in [0.3, 0.4) is 0 Å². The normalized spacial score (nSPS) is 21.2. The van der Waals surface area contributed by atoms with Crippen LogP contribution in [0, 0.1) is 6.57 Å². The number of likely N-dealkylation sites (tertiary alicyclic amines) is 1. The monoisotopic (exact) mass is 752 g/mol. The minimum Gasteiger partial charge on any atom is -0.462 e. The van der Waals surface area contributed by atoms with Crippen molar-refractivity contribution < 1.29 is 14.3 Å². The van der Waals surface area contributed by atoms with Crippen LogP contribution in [0.5, 0.6) is 6.01 Å². The number of nitrogens with zero attached hydrogens (tertiary/aromatic N) is 8. The highest BCUT2D eigenvalue weighted by molar-refractivity contribution is 7.59. The number of rotatable bonds is 9. The van der Waals surface area contributed by atoms with E-state index in [9.17, 15) is 4.79 Å². The Morgan fingerprint density at radius 3 is 2.61 bits per heavy atom. The first kappa shape index (κ1) is 39.0. The van der Waals surface area contributed by atoms with Gasteiger partial charge in [-0.25, -0.2) is 6.57 Å². The molecule has 5 heterocycles. The van der Waals surface area contributed by atoms with E-state index in [0.717, 1.165) is 104 Å². The molecule has 51 heavy (non-hydrogen) atoms. The van der Waals surface area contributed by atoms with Gasteiger partial charge in [-0.05, 0) is 50.4 Å². The van der Waals surface area contributed by atoms with Gasteiger partial charge in [0.1, 0.15) is 18.5 Å². The fourth-order valence-corrected chi connectivity index (χ4v) is 7.88. The molecule has 11 nitrogen and oxygen atoms in total. The van der Waals surface area contributed by atoms with Crippen molar-refractivity contribution in [2.45, 2.75) is 37.9 Å². The average molecular weight is 753 g/mol. The summed E-state index contributed by atoms with van der Waals surface area (Å²) >= 11 is 6.74. The molecule has 7 rings (SSSR count). The second kappa shape index (κ2) is 18.0. The molecule has 274 valence electrons. The molecule has 0 N–H and O–H groups in total.